The van der Waals surface area contributed by atoms with Crippen LogP contribution in [0.4, 0.5) is 10.3 Å². The van der Waals surface area contributed by atoms with Crippen molar-refractivity contribution < 1.29 is 18.4 Å². The fourth-order valence-electron chi connectivity index (χ4n) is 3.75. The van der Waals surface area contributed by atoms with Crippen LogP contribution in [0.25, 0.3) is 11.1 Å². The molecule has 3 heterocycles. The van der Waals surface area contributed by atoms with Gasteiger partial charge in [0.25, 0.3) is 0 Å². The molecule has 0 amide bonds. The molecule has 2 aliphatic heterocycles. The third-order valence-corrected chi connectivity index (χ3v) is 11.8. The fraction of sp³-hybridized carbons (Fsp3) is 0.577. The molecule has 0 spiro atoms. The predicted octanol–water partition coefficient (Wildman–Crippen LogP) is 4.33. The molecule has 10 heteroatoms. The van der Waals surface area contributed by atoms with Crippen molar-refractivity contribution in [3.05, 3.63) is 42.0 Å². The largest absolute Gasteiger partial charge is 0.561 e. The van der Waals surface area contributed by atoms with Gasteiger partial charge in [-0.15, -0.1) is 18.1 Å². The van der Waals surface area contributed by atoms with Crippen molar-refractivity contribution in [3.8, 4) is 11.1 Å². The predicted molar refractivity (Wildman–Crippen MR) is 142 cm³/mol. The SMILES string of the molecule is COCCN1CC(ON=C2CN(c3ncc(-c4cccc(CO[Si-](C)(C)C(C)(C)C)c4F)cn3)C2)C1. The number of benzene rings is 1. The minimum Gasteiger partial charge on any atom is -0.561 e. The normalized spacial score (nSPS) is 17.1. The van der Waals surface area contributed by atoms with E-state index in [2.05, 4.69) is 53.9 Å². The Hall–Kier alpha value is -2.40. The summed E-state index contributed by atoms with van der Waals surface area (Å²) >= 11 is 0. The first-order valence-corrected chi connectivity index (χ1v) is 15.4. The molecule has 0 saturated carbocycles. The minimum absolute atomic E-state index is 0.0702. The first kappa shape index (κ1) is 26.7. The third-order valence-electron chi connectivity index (χ3n) is 7.32. The maximum Gasteiger partial charge on any atom is 0.225 e. The van der Waals surface area contributed by atoms with E-state index in [0.29, 0.717) is 35.7 Å². The van der Waals surface area contributed by atoms with E-state index >= 15 is 4.39 Å². The summed E-state index contributed by atoms with van der Waals surface area (Å²) in [5, 5.41) is 4.35. The Balaban J connectivity index is 1.30. The molecule has 0 unspecified atom stereocenters. The van der Waals surface area contributed by atoms with Crippen molar-refractivity contribution in [1.82, 2.24) is 14.9 Å². The molecular formula is C26H38FN5O3Si-. The Morgan fingerprint density at radius 3 is 2.47 bits per heavy atom. The van der Waals surface area contributed by atoms with Crippen LogP contribution in [0.1, 0.15) is 26.3 Å². The van der Waals surface area contributed by atoms with Gasteiger partial charge in [0.1, 0.15) is 5.82 Å². The number of rotatable bonds is 10. The van der Waals surface area contributed by atoms with Crippen LogP contribution in [0.15, 0.2) is 35.7 Å². The van der Waals surface area contributed by atoms with Gasteiger partial charge in [0, 0.05) is 62.4 Å². The second kappa shape index (κ2) is 10.9. The Bertz CT molecular complexity index is 1060. The standard InChI is InChI=1S/C26H38FN5O3Si/c1-26(2,3)36(5,6)34-18-19-8-7-9-23(24(19)27)20-12-28-25(29-13-20)32-14-21(15-32)30-35-22-16-31(17-22)10-11-33-4/h7-9,12-13,22H,10-11,14-18H2,1-6H3/q-1. The van der Waals surface area contributed by atoms with Gasteiger partial charge in [-0.05, 0) is 8.32 Å². The monoisotopic (exact) mass is 515 g/mol. The number of methoxy groups -OCH3 is 1. The maximum absolute atomic E-state index is 15.3. The first-order valence-electron chi connectivity index (χ1n) is 12.5. The Morgan fingerprint density at radius 1 is 1.14 bits per heavy atom. The van der Waals surface area contributed by atoms with Crippen molar-refractivity contribution in [2.75, 3.05) is 51.3 Å². The second-order valence-electron chi connectivity index (χ2n) is 11.1. The first-order chi connectivity index (χ1) is 17.1. The van der Waals surface area contributed by atoms with Gasteiger partial charge >= 0.3 is 0 Å². The topological polar surface area (TPSA) is 72.3 Å². The number of ether oxygens (including phenoxy) is 1. The zero-order valence-corrected chi connectivity index (χ0v) is 23.3. The van der Waals surface area contributed by atoms with Gasteiger partial charge in [-0.3, -0.25) is 4.90 Å². The summed E-state index contributed by atoms with van der Waals surface area (Å²) in [5.41, 5.74) is 2.65. The summed E-state index contributed by atoms with van der Waals surface area (Å²) in [6.45, 7) is 15.8. The number of anilines is 1. The van der Waals surface area contributed by atoms with E-state index in [-0.39, 0.29) is 23.6 Å². The number of halogens is 1. The average Bonchev–Trinajstić information content (AvgIpc) is 2.77. The molecule has 36 heavy (non-hydrogen) atoms. The number of aromatic nitrogens is 2. The van der Waals surface area contributed by atoms with Gasteiger partial charge in [-0.1, -0.05) is 44.1 Å². The summed E-state index contributed by atoms with van der Waals surface area (Å²) in [7, 11) is -0.262. The van der Waals surface area contributed by atoms with E-state index in [0.717, 1.165) is 32.0 Å². The van der Waals surface area contributed by atoms with Crippen LogP contribution < -0.4 is 4.90 Å². The lowest BCUT2D eigenvalue weighted by Crippen LogP contribution is -2.53. The highest BCUT2D eigenvalue weighted by Gasteiger charge is 2.30. The Kier molecular flexibility index (Phi) is 8.08. The van der Waals surface area contributed by atoms with Crippen LogP contribution >= 0.6 is 0 Å². The molecule has 0 bridgehead atoms. The van der Waals surface area contributed by atoms with E-state index in [1.807, 2.05) is 11.0 Å². The maximum atomic E-state index is 15.3. The van der Waals surface area contributed by atoms with Crippen molar-refractivity contribution in [3.63, 3.8) is 0 Å². The van der Waals surface area contributed by atoms with Gasteiger partial charge in [0.05, 0.1) is 25.4 Å². The molecule has 2 aromatic rings. The number of oxime groups is 1. The highest BCUT2D eigenvalue weighted by Crippen LogP contribution is 2.37. The molecule has 8 nitrogen and oxygen atoms in total. The molecule has 0 N–H and O–H groups in total. The highest BCUT2D eigenvalue weighted by molar-refractivity contribution is 6.74. The Labute approximate surface area is 214 Å². The highest BCUT2D eigenvalue weighted by atomic mass is 28.4. The van der Waals surface area contributed by atoms with E-state index in [1.165, 1.54) is 0 Å². The molecule has 0 atom stereocenters. The van der Waals surface area contributed by atoms with Gasteiger partial charge in [0.2, 0.25) is 5.95 Å². The van der Waals surface area contributed by atoms with Crippen molar-refractivity contribution in [2.24, 2.45) is 5.16 Å². The zero-order chi connectivity index (χ0) is 25.9. The molecule has 1 aromatic carbocycles. The molecule has 2 aliphatic rings. The van der Waals surface area contributed by atoms with Crippen LogP contribution in [0.3, 0.4) is 0 Å². The molecular weight excluding hydrogens is 477 g/mol. The summed E-state index contributed by atoms with van der Waals surface area (Å²) in [4.78, 5) is 18.9. The van der Waals surface area contributed by atoms with Crippen molar-refractivity contribution in [1.29, 1.82) is 0 Å². The molecule has 0 aliphatic carbocycles. The molecule has 2 fully saturated rings. The van der Waals surface area contributed by atoms with E-state index < -0.39 is 8.32 Å². The van der Waals surface area contributed by atoms with E-state index in [1.54, 1.807) is 31.6 Å². The molecule has 0 radical (unpaired) electrons. The van der Waals surface area contributed by atoms with Crippen LogP contribution in [0.5, 0.6) is 0 Å². The minimum atomic E-state index is -1.97. The fourth-order valence-corrected chi connectivity index (χ4v) is 4.70. The van der Waals surface area contributed by atoms with Crippen molar-refractivity contribution in [2.45, 2.75) is 51.6 Å². The van der Waals surface area contributed by atoms with E-state index in [9.17, 15) is 0 Å². The van der Waals surface area contributed by atoms with Crippen LogP contribution in [-0.4, -0.2) is 81.4 Å². The summed E-state index contributed by atoms with van der Waals surface area (Å²) in [5.74, 6) is 0.324. The lowest BCUT2D eigenvalue weighted by Gasteiger charge is -2.48. The summed E-state index contributed by atoms with van der Waals surface area (Å²) in [6, 6.07) is 5.39. The summed E-state index contributed by atoms with van der Waals surface area (Å²) in [6.07, 6.45) is 3.50. The lowest BCUT2D eigenvalue weighted by molar-refractivity contribution is -0.0589. The van der Waals surface area contributed by atoms with E-state index in [4.69, 9.17) is 14.0 Å². The zero-order valence-electron chi connectivity index (χ0n) is 22.3. The van der Waals surface area contributed by atoms with Crippen LogP contribution in [-0.2, 0) is 20.6 Å². The molecule has 197 valence electrons. The second-order valence-corrected chi connectivity index (χ2v) is 15.9. The van der Waals surface area contributed by atoms with Gasteiger partial charge in [0.15, 0.2) is 6.10 Å². The number of nitrogens with zero attached hydrogens (tertiary/aromatic N) is 5. The third kappa shape index (κ3) is 6.11. The Morgan fingerprint density at radius 2 is 1.83 bits per heavy atom. The average molecular weight is 516 g/mol. The number of hydrogen-bond donors (Lipinski definition) is 0. The number of likely N-dealkylation sites (tertiary alicyclic amines) is 1. The molecule has 1 aromatic heterocycles. The van der Waals surface area contributed by atoms with Crippen LogP contribution in [0, 0.1) is 5.82 Å². The number of hydrogen-bond acceptors (Lipinski definition) is 8. The van der Waals surface area contributed by atoms with Gasteiger partial charge < -0.3 is 18.9 Å². The van der Waals surface area contributed by atoms with Gasteiger partial charge in [-0.2, -0.15) is 0 Å². The van der Waals surface area contributed by atoms with Crippen molar-refractivity contribution >= 4 is 20.0 Å². The molecule has 4 rings (SSSR count). The lowest BCUT2D eigenvalue weighted by atomic mass is 10.1. The van der Waals surface area contributed by atoms with Gasteiger partial charge in [-0.25, -0.2) is 14.4 Å². The smallest absolute Gasteiger partial charge is 0.225 e. The quantitative estimate of drug-likeness (QED) is 0.345. The van der Waals surface area contributed by atoms with Crippen LogP contribution in [0.2, 0.25) is 18.1 Å². The summed E-state index contributed by atoms with van der Waals surface area (Å²) < 4.78 is 26.6. The molecule has 2 saturated heterocycles.